The molecule has 0 spiro atoms. The van der Waals surface area contributed by atoms with Crippen LogP contribution in [0.2, 0.25) is 5.02 Å². The van der Waals surface area contributed by atoms with E-state index in [9.17, 15) is 51.4 Å². The molecule has 3 amide bonds. The van der Waals surface area contributed by atoms with Crippen molar-refractivity contribution in [3.63, 3.8) is 0 Å². The van der Waals surface area contributed by atoms with Gasteiger partial charge in [0.1, 0.15) is 20.7 Å². The van der Waals surface area contributed by atoms with Crippen LogP contribution < -0.4 is 16.0 Å². The van der Waals surface area contributed by atoms with Crippen LogP contribution in [0.1, 0.15) is 21.8 Å². The lowest BCUT2D eigenvalue weighted by atomic mass is 10.1. The Morgan fingerprint density at radius 2 is 1.52 bits per heavy atom. The molecule has 0 unspecified atom stereocenters. The fraction of sp³-hybridized carbons (Fsp3) is 0.160. The van der Waals surface area contributed by atoms with Crippen LogP contribution in [-0.4, -0.2) is 28.5 Å². The van der Waals surface area contributed by atoms with E-state index in [0.29, 0.717) is 12.1 Å². The van der Waals surface area contributed by atoms with E-state index < -0.39 is 84.0 Å². The lowest BCUT2D eigenvalue weighted by Gasteiger charge is -2.40. The standard InChI is InChI=1S/C25H15Cl3F9N3O3S/c26-14-5-4-11(9-13(14)22(41)39-16-7-6-15(29)20(19(16)30)40-24(43)21(31)32)38-23(42)18-17(25(18,27)28)10-2-1-3-12(8-10)44(33,34,35,36)37/h1-9,17-18,21H,(H,38,42)(H,39,41)(H,40,43)/t17-,18+/m0/s1. The molecule has 0 saturated heterocycles. The summed E-state index contributed by atoms with van der Waals surface area (Å²) in [6.45, 7) is 0. The van der Waals surface area contributed by atoms with Crippen molar-refractivity contribution in [1.29, 1.82) is 0 Å². The number of benzene rings is 3. The van der Waals surface area contributed by atoms with Gasteiger partial charge in [-0.1, -0.05) is 43.2 Å². The first-order valence-corrected chi connectivity index (χ1v) is 14.8. The van der Waals surface area contributed by atoms with Gasteiger partial charge in [0.25, 0.3) is 11.8 Å². The van der Waals surface area contributed by atoms with Gasteiger partial charge in [-0.2, -0.15) is 8.78 Å². The highest BCUT2D eigenvalue weighted by molar-refractivity contribution is 8.45. The molecule has 6 nitrogen and oxygen atoms in total. The second-order valence-electron chi connectivity index (χ2n) is 9.38. The van der Waals surface area contributed by atoms with E-state index in [1.54, 1.807) is 0 Å². The molecule has 1 fully saturated rings. The number of rotatable bonds is 8. The molecule has 0 bridgehead atoms. The molecule has 4 rings (SSSR count). The van der Waals surface area contributed by atoms with Gasteiger partial charge in [-0.05, 0) is 48.0 Å². The Morgan fingerprint density at radius 3 is 2.14 bits per heavy atom. The summed E-state index contributed by atoms with van der Waals surface area (Å²) in [5.41, 5.74) is -2.97. The van der Waals surface area contributed by atoms with Crippen LogP contribution in [0.4, 0.5) is 54.1 Å². The molecule has 0 heterocycles. The molecule has 44 heavy (non-hydrogen) atoms. The van der Waals surface area contributed by atoms with Crippen molar-refractivity contribution in [2.75, 3.05) is 16.0 Å². The Labute approximate surface area is 256 Å². The molecule has 0 aliphatic heterocycles. The fourth-order valence-corrected chi connectivity index (χ4v) is 5.87. The second kappa shape index (κ2) is 10.6. The number of carbonyl (C=O) groups excluding carboxylic acids is 3. The zero-order chi connectivity index (χ0) is 33.1. The van der Waals surface area contributed by atoms with Crippen LogP contribution in [-0.2, 0) is 9.59 Å². The summed E-state index contributed by atoms with van der Waals surface area (Å²) in [5.74, 6) is -9.93. The molecule has 238 valence electrons. The number of halogens is 12. The molecular weight excluding hydrogens is 700 g/mol. The van der Waals surface area contributed by atoms with Gasteiger partial charge in [-0.25, -0.2) is 8.78 Å². The Bertz CT molecular complexity index is 1710. The maximum absolute atomic E-state index is 14.7. The molecule has 0 aromatic heterocycles. The normalized spacial score (nSPS) is 19.0. The van der Waals surface area contributed by atoms with Crippen LogP contribution in [0.25, 0.3) is 0 Å². The van der Waals surface area contributed by atoms with Gasteiger partial charge >= 0.3 is 16.6 Å². The Morgan fingerprint density at radius 1 is 0.864 bits per heavy atom. The summed E-state index contributed by atoms with van der Waals surface area (Å²) in [6, 6.07) is 6.64. The number of amides is 3. The Kier molecular flexibility index (Phi) is 8.11. The Balaban J connectivity index is 1.53. The maximum atomic E-state index is 14.7. The minimum Gasteiger partial charge on any atom is -0.326 e. The monoisotopic (exact) mass is 713 g/mol. The van der Waals surface area contributed by atoms with Gasteiger partial charge in [-0.3, -0.25) is 14.4 Å². The van der Waals surface area contributed by atoms with Gasteiger partial charge in [0, 0.05) is 11.6 Å². The Hall–Kier alpha value is -3.34. The fourth-order valence-electron chi connectivity index (χ4n) is 4.14. The second-order valence-corrected chi connectivity index (χ2v) is 13.6. The molecular formula is C25H15Cl3F9N3O3S. The van der Waals surface area contributed by atoms with Gasteiger partial charge in [0.15, 0.2) is 5.82 Å². The molecule has 2 atom stereocenters. The van der Waals surface area contributed by atoms with Crippen molar-refractivity contribution in [2.24, 2.45) is 5.92 Å². The summed E-state index contributed by atoms with van der Waals surface area (Å²) in [7, 11) is -10.1. The number of hydrogen-bond donors (Lipinski definition) is 3. The van der Waals surface area contributed by atoms with Gasteiger partial charge in [0.2, 0.25) is 5.91 Å². The van der Waals surface area contributed by atoms with Crippen molar-refractivity contribution >= 4 is 79.8 Å². The molecule has 3 N–H and O–H groups in total. The zero-order valence-corrected chi connectivity index (χ0v) is 24.2. The number of anilines is 3. The first-order chi connectivity index (χ1) is 20.0. The summed E-state index contributed by atoms with van der Waals surface area (Å²) in [5, 5.41) is 5.42. The molecule has 1 saturated carbocycles. The van der Waals surface area contributed by atoms with Crippen molar-refractivity contribution in [3.05, 3.63) is 82.4 Å². The summed E-state index contributed by atoms with van der Waals surface area (Å²) >= 11 is 18.3. The maximum Gasteiger partial charge on any atom is 0.315 e. The van der Waals surface area contributed by atoms with Crippen molar-refractivity contribution in [2.45, 2.75) is 21.6 Å². The highest BCUT2D eigenvalue weighted by atomic mass is 35.5. The van der Waals surface area contributed by atoms with E-state index in [1.165, 1.54) is 11.4 Å². The van der Waals surface area contributed by atoms with Crippen molar-refractivity contribution in [1.82, 2.24) is 0 Å². The third-order valence-corrected chi connectivity index (χ3v) is 8.68. The average Bonchev–Trinajstić information content (AvgIpc) is 3.49. The molecule has 19 heteroatoms. The van der Waals surface area contributed by atoms with Gasteiger partial charge in [0.05, 0.1) is 22.2 Å². The molecule has 1 aliphatic rings. The number of hydrogen-bond acceptors (Lipinski definition) is 3. The van der Waals surface area contributed by atoms with Crippen LogP contribution in [0.5, 0.6) is 0 Å². The van der Waals surface area contributed by atoms with Gasteiger partial charge < -0.3 is 16.0 Å². The molecule has 1 aliphatic carbocycles. The lowest BCUT2D eigenvalue weighted by Crippen LogP contribution is -2.22. The highest BCUT2D eigenvalue weighted by Crippen LogP contribution is 3.02. The van der Waals surface area contributed by atoms with E-state index in [4.69, 9.17) is 34.8 Å². The minimum absolute atomic E-state index is 0.149. The van der Waals surface area contributed by atoms with Crippen LogP contribution in [0.3, 0.4) is 0 Å². The van der Waals surface area contributed by atoms with Crippen LogP contribution >= 0.6 is 45.0 Å². The zero-order valence-electron chi connectivity index (χ0n) is 21.1. The van der Waals surface area contributed by atoms with E-state index in [1.807, 2.05) is 5.32 Å². The molecule has 3 aromatic carbocycles. The van der Waals surface area contributed by atoms with Crippen molar-refractivity contribution < 1.29 is 51.4 Å². The van der Waals surface area contributed by atoms with Gasteiger partial charge in [-0.15, -0.1) is 23.2 Å². The summed E-state index contributed by atoms with van der Waals surface area (Å²) in [4.78, 5) is 34.8. The topological polar surface area (TPSA) is 87.3 Å². The van der Waals surface area contributed by atoms with E-state index >= 15 is 0 Å². The summed E-state index contributed by atoms with van der Waals surface area (Å²) < 4.78 is 118. The summed E-state index contributed by atoms with van der Waals surface area (Å²) in [6.07, 6.45) is -3.60. The first-order valence-electron chi connectivity index (χ1n) is 11.7. The quantitative estimate of drug-likeness (QED) is 0.161. The van der Waals surface area contributed by atoms with Crippen LogP contribution in [0, 0.1) is 17.6 Å². The first kappa shape index (κ1) is 33.6. The van der Waals surface area contributed by atoms with Crippen LogP contribution in [0.15, 0.2) is 59.5 Å². The van der Waals surface area contributed by atoms with E-state index in [2.05, 4.69) is 5.32 Å². The predicted octanol–water partition coefficient (Wildman–Crippen LogP) is 9.26. The average molecular weight is 715 g/mol. The van der Waals surface area contributed by atoms with Crippen molar-refractivity contribution in [3.8, 4) is 0 Å². The minimum atomic E-state index is -10.1. The molecule has 3 aromatic rings. The number of nitrogens with one attached hydrogen (secondary N) is 3. The smallest absolute Gasteiger partial charge is 0.315 e. The third-order valence-electron chi connectivity index (χ3n) is 6.26. The predicted molar refractivity (Wildman–Crippen MR) is 148 cm³/mol. The lowest BCUT2D eigenvalue weighted by molar-refractivity contribution is -0.126. The number of carbonyl (C=O) groups is 3. The highest BCUT2D eigenvalue weighted by Gasteiger charge is 2.69. The SMILES string of the molecule is O=C(Nc1ccc(F)c(NC(=O)C(F)F)c1F)c1cc(NC(=O)[C@H]2[C@H](c3cccc(S(F)(F)(F)(F)F)c3)C2(Cl)Cl)ccc1Cl. The van der Waals surface area contributed by atoms with E-state index in [0.717, 1.165) is 24.3 Å². The third kappa shape index (κ3) is 6.98. The number of alkyl halides is 4. The molecule has 0 radical (unpaired) electrons. The largest absolute Gasteiger partial charge is 0.326 e. The van der Waals surface area contributed by atoms with E-state index in [-0.39, 0.29) is 28.4 Å².